The van der Waals surface area contributed by atoms with E-state index in [1.165, 1.54) is 0 Å². The van der Waals surface area contributed by atoms with Crippen LogP contribution in [0.25, 0.3) is 0 Å². The van der Waals surface area contributed by atoms with E-state index in [9.17, 15) is 4.57 Å². The normalized spacial score (nSPS) is 9.33. The first-order chi connectivity index (χ1) is 2.27. The molecule has 0 radical (unpaired) electrons. The summed E-state index contributed by atoms with van der Waals surface area (Å²) in [6, 6.07) is 0. The van der Waals surface area contributed by atoms with Crippen LogP contribution in [0.4, 0.5) is 0 Å². The summed E-state index contributed by atoms with van der Waals surface area (Å²) in [6.07, 6.45) is 0. The predicted octanol–water partition coefficient (Wildman–Crippen LogP) is -2.39. The van der Waals surface area contributed by atoms with Gasteiger partial charge in [-0.3, -0.25) is 0 Å². The molecule has 0 saturated heterocycles. The van der Waals surface area contributed by atoms with Gasteiger partial charge in [0.2, 0.25) is 0 Å². The summed E-state index contributed by atoms with van der Waals surface area (Å²) in [7, 11) is -2.48. The smallest absolute Gasteiger partial charge is 1.00 e. The molecular formula is H3KO3PS+. The summed E-state index contributed by atoms with van der Waals surface area (Å²) in [5.74, 6) is 0. The summed E-state index contributed by atoms with van der Waals surface area (Å²) < 4.78 is 12.7. The maximum Gasteiger partial charge on any atom is 1.00 e. The largest absolute Gasteiger partial charge is 1.00 e. The van der Waals surface area contributed by atoms with E-state index in [2.05, 4.69) is 16.9 Å². The van der Waals surface area contributed by atoms with Gasteiger partial charge in [0.1, 0.15) is 0 Å². The maximum absolute atomic E-state index is 9.22. The van der Waals surface area contributed by atoms with Crippen LogP contribution in [0, 0.1) is 0 Å². The Labute approximate surface area is 85.9 Å². The van der Waals surface area contributed by atoms with Crippen LogP contribution >= 0.6 is 21.2 Å². The standard InChI is InChI=1S/K.HO3PS.H/c;1-4(2)3-5;/h;(H-,1,2,5);/q+1;;-1/p+1. The summed E-state index contributed by atoms with van der Waals surface area (Å²) in [4.78, 5) is 7.57. The van der Waals surface area contributed by atoms with Crippen LogP contribution in [0.2, 0.25) is 0 Å². The van der Waals surface area contributed by atoms with Gasteiger partial charge in [-0.15, -0.1) is 4.89 Å². The van der Waals surface area contributed by atoms with E-state index in [1.54, 1.807) is 0 Å². The fourth-order valence-electron chi connectivity index (χ4n) is 0. The van der Waals surface area contributed by atoms with Gasteiger partial charge >= 0.3 is 59.6 Å². The molecule has 0 amide bonds. The van der Waals surface area contributed by atoms with Gasteiger partial charge in [0, 0.05) is 17.5 Å². The first-order valence-electron chi connectivity index (χ1n) is 0.748. The van der Waals surface area contributed by atoms with Crippen molar-refractivity contribution in [1.82, 2.24) is 0 Å². The van der Waals surface area contributed by atoms with Crippen molar-refractivity contribution >= 4 is 21.2 Å². The number of rotatable bonds is 1. The van der Waals surface area contributed by atoms with Gasteiger partial charge in [-0.2, -0.15) is 0 Å². The topological polar surface area (TPSA) is 46.5 Å². The number of hydrogen-bond acceptors (Lipinski definition) is 3. The Bertz CT molecular complexity index is 50.2. The third-order valence-corrected chi connectivity index (χ3v) is 0.629. The molecule has 1 N–H and O–H groups in total. The third-order valence-electron chi connectivity index (χ3n) is 0.0698. The average Bonchev–Trinajstić information content (AvgIpc) is 1.38. The summed E-state index contributed by atoms with van der Waals surface area (Å²) in [5.41, 5.74) is 0. The molecule has 3 nitrogen and oxygen atoms in total. The minimum atomic E-state index is -2.48. The Balaban J connectivity index is -0.0000000800. The van der Waals surface area contributed by atoms with Crippen molar-refractivity contribution in [3.05, 3.63) is 0 Å². The maximum atomic E-state index is 9.22. The average molecular weight is 153 g/mol. The Hall–Kier alpha value is 2.01. The van der Waals surface area contributed by atoms with Crippen LogP contribution in [-0.4, -0.2) is 4.89 Å². The minimum Gasteiger partial charge on any atom is -1.00 e. The molecule has 1 atom stereocenters. The zero-order chi connectivity index (χ0) is 4.28. The van der Waals surface area contributed by atoms with Gasteiger partial charge in [-0.05, 0) is 3.97 Å². The molecule has 6 heavy (non-hydrogen) atoms. The Morgan fingerprint density at radius 2 is 2.17 bits per heavy atom. The Kier molecular flexibility index (Phi) is 12.7. The van der Waals surface area contributed by atoms with Crippen molar-refractivity contribution in [2.24, 2.45) is 0 Å². The molecule has 0 aromatic carbocycles. The van der Waals surface area contributed by atoms with Gasteiger partial charge in [-0.25, -0.2) is 0 Å². The first-order valence-corrected chi connectivity index (χ1v) is 2.24. The van der Waals surface area contributed by atoms with Crippen LogP contribution in [0.3, 0.4) is 0 Å². The summed E-state index contributed by atoms with van der Waals surface area (Å²) >= 11 is 2.98. The van der Waals surface area contributed by atoms with E-state index >= 15 is 0 Å². The molecule has 0 heterocycles. The second-order valence-corrected chi connectivity index (χ2v) is 1.45. The monoisotopic (exact) mass is 153 g/mol. The van der Waals surface area contributed by atoms with Crippen molar-refractivity contribution in [3.63, 3.8) is 0 Å². The minimum absolute atomic E-state index is 0. The van der Waals surface area contributed by atoms with Crippen molar-refractivity contribution in [2.45, 2.75) is 0 Å². The molecule has 0 fully saturated rings. The van der Waals surface area contributed by atoms with Crippen molar-refractivity contribution in [2.75, 3.05) is 0 Å². The van der Waals surface area contributed by atoms with E-state index in [0.717, 1.165) is 0 Å². The molecule has 0 spiro atoms. The fraction of sp³-hybridized carbons (Fsp3) is 0. The SMILES string of the molecule is O=[P+](O)OS.[H-].[K+]. The molecule has 0 rings (SSSR count). The molecule has 0 aromatic rings. The molecule has 0 aliphatic carbocycles. The molecule has 0 bridgehead atoms. The predicted molar refractivity (Wildman–Crippen MR) is 21.0 cm³/mol. The van der Waals surface area contributed by atoms with E-state index in [-0.39, 0.29) is 52.8 Å². The third kappa shape index (κ3) is 9.38. The van der Waals surface area contributed by atoms with Crippen LogP contribution in [0.15, 0.2) is 0 Å². The van der Waals surface area contributed by atoms with E-state index < -0.39 is 8.25 Å². The van der Waals surface area contributed by atoms with E-state index in [1.807, 2.05) is 0 Å². The zero-order valence-corrected chi connectivity index (χ0v) is 8.07. The van der Waals surface area contributed by atoms with Gasteiger partial charge in [0.15, 0.2) is 0 Å². The van der Waals surface area contributed by atoms with Crippen LogP contribution in [0.5, 0.6) is 0 Å². The van der Waals surface area contributed by atoms with Gasteiger partial charge in [0.05, 0.1) is 0 Å². The van der Waals surface area contributed by atoms with E-state index in [0.29, 0.717) is 0 Å². The molecule has 0 aliphatic heterocycles. The van der Waals surface area contributed by atoms with Crippen molar-refractivity contribution in [1.29, 1.82) is 0 Å². The molecule has 1 unspecified atom stereocenters. The number of thiol groups is 1. The second kappa shape index (κ2) is 7.01. The summed E-state index contributed by atoms with van der Waals surface area (Å²) in [5, 5.41) is 0. The summed E-state index contributed by atoms with van der Waals surface area (Å²) in [6.45, 7) is 0. The van der Waals surface area contributed by atoms with Crippen molar-refractivity contribution < 1.29 is 66.2 Å². The molecule has 0 saturated carbocycles. The van der Waals surface area contributed by atoms with E-state index in [4.69, 9.17) is 4.89 Å². The molecule has 0 aromatic heterocycles. The number of hydrogen-bond donors (Lipinski definition) is 2. The zero-order valence-electron chi connectivity index (χ0n) is 4.16. The van der Waals surface area contributed by atoms with Gasteiger partial charge < -0.3 is 1.43 Å². The second-order valence-electron chi connectivity index (χ2n) is 0.319. The Morgan fingerprint density at radius 1 is 2.00 bits per heavy atom. The van der Waals surface area contributed by atoms with Crippen LogP contribution < -0.4 is 51.4 Å². The first kappa shape index (κ1) is 10.9. The fourth-order valence-corrected chi connectivity index (χ4v) is 0. The molecule has 32 valence electrons. The van der Waals surface area contributed by atoms with Crippen molar-refractivity contribution in [3.8, 4) is 0 Å². The molecule has 6 heteroatoms. The Morgan fingerprint density at radius 3 is 2.17 bits per heavy atom. The molecule has 0 aliphatic rings. The van der Waals surface area contributed by atoms with Gasteiger partial charge in [-0.1, -0.05) is 0 Å². The van der Waals surface area contributed by atoms with Crippen LogP contribution in [-0.2, 0) is 8.54 Å². The van der Waals surface area contributed by atoms with Crippen LogP contribution in [0.1, 0.15) is 1.43 Å². The molecular weight excluding hydrogens is 150 g/mol. The quantitative estimate of drug-likeness (QED) is 0.191. The van der Waals surface area contributed by atoms with Gasteiger partial charge in [0.25, 0.3) is 0 Å².